The van der Waals surface area contributed by atoms with Crippen LogP contribution in [0.5, 0.6) is 5.75 Å². The average Bonchev–Trinajstić information content (AvgIpc) is 2.57. The third-order valence-corrected chi connectivity index (χ3v) is 6.16. The van der Waals surface area contributed by atoms with Crippen molar-refractivity contribution < 1.29 is 13.2 Å². The minimum Gasteiger partial charge on any atom is -0.489 e. The van der Waals surface area contributed by atoms with Crippen LogP contribution < -0.4 is 9.46 Å². The SMILES string of the molecule is Cc1ccc(S(=O)(=O)N[C@@H]2CCCC[C@H]2Oc2cccc(Cl)c2)cc1. The summed E-state index contributed by atoms with van der Waals surface area (Å²) < 4.78 is 34.2. The molecule has 2 aromatic rings. The van der Waals surface area contributed by atoms with E-state index in [1.54, 1.807) is 36.4 Å². The smallest absolute Gasteiger partial charge is 0.240 e. The van der Waals surface area contributed by atoms with Gasteiger partial charge < -0.3 is 4.74 Å². The number of hydrogen-bond acceptors (Lipinski definition) is 3. The molecule has 1 aliphatic rings. The molecule has 2 atom stereocenters. The maximum absolute atomic E-state index is 12.7. The number of ether oxygens (including phenoxy) is 1. The molecule has 0 aliphatic heterocycles. The topological polar surface area (TPSA) is 55.4 Å². The average molecular weight is 380 g/mol. The van der Waals surface area contributed by atoms with Crippen molar-refractivity contribution in [3.63, 3.8) is 0 Å². The summed E-state index contributed by atoms with van der Waals surface area (Å²) in [6.45, 7) is 1.93. The summed E-state index contributed by atoms with van der Waals surface area (Å²) in [5, 5.41) is 0.602. The van der Waals surface area contributed by atoms with Crippen LogP contribution >= 0.6 is 11.6 Å². The summed E-state index contributed by atoms with van der Waals surface area (Å²) in [6, 6.07) is 13.8. The fourth-order valence-corrected chi connectivity index (χ4v) is 4.55. The van der Waals surface area contributed by atoms with Gasteiger partial charge in [0.1, 0.15) is 11.9 Å². The summed E-state index contributed by atoms with van der Waals surface area (Å²) in [5.41, 5.74) is 1.03. The Morgan fingerprint density at radius 3 is 2.52 bits per heavy atom. The molecule has 0 aromatic heterocycles. The van der Waals surface area contributed by atoms with E-state index in [2.05, 4.69) is 4.72 Å². The number of hydrogen-bond donors (Lipinski definition) is 1. The number of rotatable bonds is 5. The molecule has 0 amide bonds. The van der Waals surface area contributed by atoms with Crippen LogP contribution in [0.4, 0.5) is 0 Å². The number of sulfonamides is 1. The van der Waals surface area contributed by atoms with Crippen molar-refractivity contribution in [1.82, 2.24) is 4.72 Å². The molecule has 6 heteroatoms. The second-order valence-electron chi connectivity index (χ2n) is 6.44. The molecule has 1 aliphatic carbocycles. The van der Waals surface area contributed by atoms with Gasteiger partial charge in [0.05, 0.1) is 10.9 Å². The van der Waals surface area contributed by atoms with Crippen molar-refractivity contribution in [3.8, 4) is 5.75 Å². The number of benzene rings is 2. The lowest BCUT2D eigenvalue weighted by Crippen LogP contribution is -2.47. The van der Waals surface area contributed by atoms with E-state index in [1.807, 2.05) is 19.1 Å². The van der Waals surface area contributed by atoms with E-state index in [-0.39, 0.29) is 17.0 Å². The third kappa shape index (κ3) is 4.75. The van der Waals surface area contributed by atoms with E-state index >= 15 is 0 Å². The molecule has 4 nitrogen and oxygen atoms in total. The van der Waals surface area contributed by atoms with Gasteiger partial charge in [0.2, 0.25) is 10.0 Å². The summed E-state index contributed by atoms with van der Waals surface area (Å²) in [6.07, 6.45) is 3.38. The lowest BCUT2D eigenvalue weighted by atomic mass is 9.93. The Balaban J connectivity index is 1.75. The van der Waals surface area contributed by atoms with Gasteiger partial charge in [-0.05, 0) is 56.5 Å². The molecule has 0 heterocycles. The van der Waals surface area contributed by atoms with Gasteiger partial charge in [-0.1, -0.05) is 41.8 Å². The molecule has 1 N–H and O–H groups in total. The predicted molar refractivity (Wildman–Crippen MR) is 99.6 cm³/mol. The molecule has 1 saturated carbocycles. The van der Waals surface area contributed by atoms with Gasteiger partial charge in [-0.15, -0.1) is 0 Å². The zero-order valence-electron chi connectivity index (χ0n) is 14.1. The molecule has 0 spiro atoms. The number of aryl methyl sites for hydroxylation is 1. The highest BCUT2D eigenvalue weighted by Gasteiger charge is 2.31. The molecule has 0 bridgehead atoms. The number of halogens is 1. The van der Waals surface area contributed by atoms with Crippen LogP contribution in [0.3, 0.4) is 0 Å². The second-order valence-corrected chi connectivity index (χ2v) is 8.59. The van der Waals surface area contributed by atoms with E-state index in [9.17, 15) is 8.42 Å². The van der Waals surface area contributed by atoms with Gasteiger partial charge in [-0.2, -0.15) is 0 Å². The predicted octanol–water partition coefficient (Wildman–Crippen LogP) is 4.32. The van der Waals surface area contributed by atoms with Gasteiger partial charge in [0.15, 0.2) is 0 Å². The highest BCUT2D eigenvalue weighted by Crippen LogP contribution is 2.26. The molecular weight excluding hydrogens is 358 g/mol. The molecule has 134 valence electrons. The molecule has 0 saturated heterocycles. The minimum atomic E-state index is -3.57. The minimum absolute atomic E-state index is 0.201. The maximum Gasteiger partial charge on any atom is 0.240 e. The van der Waals surface area contributed by atoms with Gasteiger partial charge >= 0.3 is 0 Å². The fourth-order valence-electron chi connectivity index (χ4n) is 3.07. The van der Waals surface area contributed by atoms with Crippen LogP contribution in [0, 0.1) is 6.92 Å². The van der Waals surface area contributed by atoms with Gasteiger partial charge in [0, 0.05) is 5.02 Å². The van der Waals surface area contributed by atoms with Gasteiger partial charge in [0.25, 0.3) is 0 Å². The molecule has 1 fully saturated rings. The highest BCUT2D eigenvalue weighted by molar-refractivity contribution is 7.89. The first kappa shape index (κ1) is 18.2. The first-order chi connectivity index (χ1) is 11.9. The first-order valence-corrected chi connectivity index (χ1v) is 10.3. The Labute approximate surface area is 154 Å². The van der Waals surface area contributed by atoms with Crippen LogP contribution in [0.15, 0.2) is 53.4 Å². The molecule has 25 heavy (non-hydrogen) atoms. The lowest BCUT2D eigenvalue weighted by Gasteiger charge is -2.32. The Bertz CT molecular complexity index is 821. The normalized spacial score (nSPS) is 21.0. The van der Waals surface area contributed by atoms with Crippen LogP contribution in [-0.2, 0) is 10.0 Å². The van der Waals surface area contributed by atoms with Crippen LogP contribution in [0.1, 0.15) is 31.2 Å². The van der Waals surface area contributed by atoms with Gasteiger partial charge in [-0.3, -0.25) is 0 Å². The van der Waals surface area contributed by atoms with E-state index in [1.165, 1.54) is 0 Å². The van der Waals surface area contributed by atoms with E-state index < -0.39 is 10.0 Å². The highest BCUT2D eigenvalue weighted by atomic mass is 35.5. The van der Waals surface area contributed by atoms with Crippen molar-refractivity contribution in [1.29, 1.82) is 0 Å². The van der Waals surface area contributed by atoms with Crippen LogP contribution in [0.25, 0.3) is 0 Å². The van der Waals surface area contributed by atoms with Crippen molar-refractivity contribution in [2.24, 2.45) is 0 Å². The lowest BCUT2D eigenvalue weighted by molar-refractivity contribution is 0.125. The Morgan fingerprint density at radius 1 is 1.08 bits per heavy atom. The first-order valence-electron chi connectivity index (χ1n) is 8.45. The monoisotopic (exact) mass is 379 g/mol. The summed E-state index contributed by atoms with van der Waals surface area (Å²) in [4.78, 5) is 0.283. The fraction of sp³-hybridized carbons (Fsp3) is 0.368. The largest absolute Gasteiger partial charge is 0.489 e. The van der Waals surface area contributed by atoms with Crippen molar-refractivity contribution in [2.45, 2.75) is 49.6 Å². The van der Waals surface area contributed by atoms with Crippen molar-refractivity contribution in [3.05, 3.63) is 59.1 Å². The van der Waals surface area contributed by atoms with E-state index in [0.717, 1.165) is 31.2 Å². The Morgan fingerprint density at radius 2 is 1.80 bits per heavy atom. The summed E-state index contributed by atoms with van der Waals surface area (Å²) in [5.74, 6) is 0.666. The Hall–Kier alpha value is -1.56. The Kier molecular flexibility index (Phi) is 5.67. The second kappa shape index (κ2) is 7.77. The number of nitrogens with one attached hydrogen (secondary N) is 1. The third-order valence-electron chi connectivity index (χ3n) is 4.42. The quantitative estimate of drug-likeness (QED) is 0.841. The van der Waals surface area contributed by atoms with Gasteiger partial charge in [-0.25, -0.2) is 13.1 Å². The summed E-state index contributed by atoms with van der Waals surface area (Å²) >= 11 is 6.01. The standard InChI is InChI=1S/C19H22ClNO3S/c1-14-9-11-17(12-10-14)25(22,23)21-18-7-2-3-8-19(18)24-16-6-4-5-15(20)13-16/h4-6,9-13,18-19,21H,2-3,7-8H2,1H3/t18-,19-/m1/s1. The van der Waals surface area contributed by atoms with Crippen molar-refractivity contribution >= 4 is 21.6 Å². The van der Waals surface area contributed by atoms with Crippen molar-refractivity contribution in [2.75, 3.05) is 0 Å². The molecule has 2 aromatic carbocycles. The molecule has 0 unspecified atom stereocenters. The van der Waals surface area contributed by atoms with Crippen LogP contribution in [-0.4, -0.2) is 20.6 Å². The van der Waals surface area contributed by atoms with E-state index in [4.69, 9.17) is 16.3 Å². The molecular formula is C19H22ClNO3S. The molecule has 0 radical (unpaired) electrons. The zero-order valence-corrected chi connectivity index (χ0v) is 15.7. The zero-order chi connectivity index (χ0) is 17.9. The van der Waals surface area contributed by atoms with Crippen LogP contribution in [0.2, 0.25) is 5.02 Å². The summed E-state index contributed by atoms with van der Waals surface area (Å²) in [7, 11) is -3.57. The van der Waals surface area contributed by atoms with E-state index in [0.29, 0.717) is 10.8 Å². The maximum atomic E-state index is 12.7. The molecule has 3 rings (SSSR count).